The van der Waals surface area contributed by atoms with Gasteiger partial charge < -0.3 is 25.1 Å². The Kier molecular flexibility index (Phi) is 5.51. The van der Waals surface area contributed by atoms with Gasteiger partial charge >= 0.3 is 0 Å². The highest BCUT2D eigenvalue weighted by Gasteiger charge is 2.21. The Bertz CT molecular complexity index is 1070. The molecule has 1 aromatic carbocycles. The Balaban J connectivity index is 2.22. The number of imidazole rings is 1. The smallest absolute Gasteiger partial charge is 0.253 e. The number of aryl methyl sites for hydroxylation is 1. The highest BCUT2D eigenvalue weighted by atomic mass is 16.1. The van der Waals surface area contributed by atoms with Gasteiger partial charge in [0.15, 0.2) is 0 Å². The molecular formula is C20H26N6O2. The zero-order chi connectivity index (χ0) is 20.4. The van der Waals surface area contributed by atoms with Crippen molar-refractivity contribution in [3.8, 4) is 11.1 Å². The average molecular weight is 382 g/mol. The summed E-state index contributed by atoms with van der Waals surface area (Å²) >= 11 is 0. The minimum absolute atomic E-state index is 0.0785. The van der Waals surface area contributed by atoms with Gasteiger partial charge in [0.05, 0.1) is 28.6 Å². The number of primary amides is 1. The normalized spacial score (nSPS) is 11.3. The van der Waals surface area contributed by atoms with Gasteiger partial charge in [-0.2, -0.15) is 0 Å². The number of pyridine rings is 1. The van der Waals surface area contributed by atoms with E-state index in [0.29, 0.717) is 35.4 Å². The molecule has 3 aromatic rings. The molecule has 8 nitrogen and oxygen atoms in total. The Labute approximate surface area is 163 Å². The second kappa shape index (κ2) is 7.85. The van der Waals surface area contributed by atoms with Gasteiger partial charge in [-0.15, -0.1) is 0 Å². The summed E-state index contributed by atoms with van der Waals surface area (Å²) in [6.45, 7) is 4.06. The number of rotatable bonds is 7. The second-order valence-electron chi connectivity index (χ2n) is 7.07. The number of amides is 1. The molecule has 0 aliphatic rings. The van der Waals surface area contributed by atoms with Crippen LogP contribution in [-0.2, 0) is 6.54 Å². The van der Waals surface area contributed by atoms with Gasteiger partial charge in [0.25, 0.3) is 11.5 Å². The Hall–Kier alpha value is -3.13. The van der Waals surface area contributed by atoms with E-state index < -0.39 is 5.91 Å². The van der Waals surface area contributed by atoms with Gasteiger partial charge in [-0.3, -0.25) is 9.59 Å². The van der Waals surface area contributed by atoms with E-state index in [0.717, 1.165) is 17.7 Å². The number of carbonyl (C=O) groups excluding carboxylic acids is 1. The van der Waals surface area contributed by atoms with Crippen LogP contribution in [0.5, 0.6) is 0 Å². The van der Waals surface area contributed by atoms with Crippen molar-refractivity contribution < 1.29 is 4.79 Å². The number of likely N-dealkylation sites (N-methyl/N-ethyl adjacent to an activating group) is 2. The number of benzene rings is 1. The third-order valence-corrected chi connectivity index (χ3v) is 4.87. The van der Waals surface area contributed by atoms with Gasteiger partial charge in [0.1, 0.15) is 0 Å². The number of aromatic amines is 1. The first-order valence-electron chi connectivity index (χ1n) is 9.20. The lowest BCUT2D eigenvalue weighted by atomic mass is 9.99. The van der Waals surface area contributed by atoms with Crippen LogP contribution in [0.15, 0.2) is 35.5 Å². The first kappa shape index (κ1) is 19.6. The maximum Gasteiger partial charge on any atom is 0.253 e. The molecule has 0 atom stereocenters. The van der Waals surface area contributed by atoms with Crippen LogP contribution < -0.4 is 16.2 Å². The maximum atomic E-state index is 12.3. The van der Waals surface area contributed by atoms with Crippen LogP contribution in [0.25, 0.3) is 22.2 Å². The van der Waals surface area contributed by atoms with Crippen LogP contribution in [0.4, 0.5) is 5.69 Å². The van der Waals surface area contributed by atoms with Crippen LogP contribution in [0.2, 0.25) is 0 Å². The van der Waals surface area contributed by atoms with Crippen LogP contribution in [0, 0.1) is 0 Å². The van der Waals surface area contributed by atoms with E-state index in [-0.39, 0.29) is 5.56 Å². The number of hydrogen-bond donors (Lipinski definition) is 2. The zero-order valence-corrected chi connectivity index (χ0v) is 16.7. The first-order valence-corrected chi connectivity index (χ1v) is 9.20. The molecule has 0 saturated carbocycles. The van der Waals surface area contributed by atoms with Crippen molar-refractivity contribution in [3.05, 3.63) is 46.6 Å². The largest absolute Gasteiger partial charge is 0.373 e. The van der Waals surface area contributed by atoms with Gasteiger partial charge in [0, 0.05) is 44.5 Å². The molecule has 0 spiro atoms. The number of nitrogens with one attached hydrogen (secondary N) is 1. The number of nitrogens with zero attached hydrogens (tertiary/aromatic N) is 4. The van der Waals surface area contributed by atoms with Crippen LogP contribution in [0.1, 0.15) is 17.3 Å². The van der Waals surface area contributed by atoms with Crippen LogP contribution >= 0.6 is 0 Å². The molecule has 1 amide bonds. The predicted octanol–water partition coefficient (Wildman–Crippen LogP) is 1.51. The van der Waals surface area contributed by atoms with Crippen molar-refractivity contribution >= 4 is 22.6 Å². The van der Waals surface area contributed by atoms with E-state index in [1.165, 1.54) is 6.33 Å². The Morgan fingerprint density at radius 3 is 2.61 bits per heavy atom. The van der Waals surface area contributed by atoms with Crippen molar-refractivity contribution in [2.24, 2.45) is 5.73 Å². The quantitative estimate of drug-likeness (QED) is 0.645. The van der Waals surface area contributed by atoms with Gasteiger partial charge in [0.2, 0.25) is 0 Å². The maximum absolute atomic E-state index is 12.3. The number of nitrogens with two attached hydrogens (primary N) is 1. The number of anilines is 1. The first-order chi connectivity index (χ1) is 13.3. The molecule has 0 unspecified atom stereocenters. The molecule has 8 heteroatoms. The topological polar surface area (TPSA) is 100 Å². The van der Waals surface area contributed by atoms with E-state index in [1.54, 1.807) is 16.8 Å². The van der Waals surface area contributed by atoms with Crippen LogP contribution in [0.3, 0.4) is 0 Å². The van der Waals surface area contributed by atoms with Crippen molar-refractivity contribution in [2.75, 3.05) is 39.1 Å². The summed E-state index contributed by atoms with van der Waals surface area (Å²) in [6.07, 6.45) is 3.31. The van der Waals surface area contributed by atoms with E-state index in [4.69, 9.17) is 5.73 Å². The van der Waals surface area contributed by atoms with Gasteiger partial charge in [-0.1, -0.05) is 0 Å². The second-order valence-corrected chi connectivity index (χ2v) is 7.07. The van der Waals surface area contributed by atoms with Crippen molar-refractivity contribution in [2.45, 2.75) is 13.5 Å². The fourth-order valence-corrected chi connectivity index (χ4v) is 3.27. The van der Waals surface area contributed by atoms with E-state index in [1.807, 2.05) is 45.1 Å². The molecule has 3 N–H and O–H groups in total. The number of H-pyrrole nitrogens is 1. The van der Waals surface area contributed by atoms with E-state index in [2.05, 4.69) is 14.9 Å². The van der Waals surface area contributed by atoms with E-state index >= 15 is 0 Å². The minimum Gasteiger partial charge on any atom is -0.373 e. The highest BCUT2D eigenvalue weighted by molar-refractivity contribution is 6.12. The molecule has 0 radical (unpaired) electrons. The fraction of sp³-hybridized carbons (Fsp3) is 0.350. The van der Waals surface area contributed by atoms with Crippen molar-refractivity contribution in [3.63, 3.8) is 0 Å². The highest BCUT2D eigenvalue weighted by Crippen LogP contribution is 2.35. The van der Waals surface area contributed by atoms with Crippen LogP contribution in [-0.4, -0.2) is 59.6 Å². The molecule has 0 aliphatic heterocycles. The predicted molar refractivity (Wildman–Crippen MR) is 112 cm³/mol. The molecule has 2 heterocycles. The summed E-state index contributed by atoms with van der Waals surface area (Å²) < 4.78 is 1.63. The summed E-state index contributed by atoms with van der Waals surface area (Å²) in [5.74, 6) is -0.520. The van der Waals surface area contributed by atoms with Gasteiger partial charge in [-0.05, 0) is 38.7 Å². The van der Waals surface area contributed by atoms with Gasteiger partial charge in [-0.25, -0.2) is 4.98 Å². The summed E-state index contributed by atoms with van der Waals surface area (Å²) in [4.78, 5) is 36.1. The summed E-state index contributed by atoms with van der Waals surface area (Å²) in [6, 6.07) is 5.38. The fourth-order valence-electron chi connectivity index (χ4n) is 3.27. The number of carbonyl (C=O) groups is 1. The third kappa shape index (κ3) is 3.63. The summed E-state index contributed by atoms with van der Waals surface area (Å²) in [7, 11) is 5.91. The lowest BCUT2D eigenvalue weighted by Crippen LogP contribution is -2.30. The van der Waals surface area contributed by atoms with E-state index in [9.17, 15) is 9.59 Å². The molecule has 0 saturated heterocycles. The molecule has 0 fully saturated rings. The lowest BCUT2D eigenvalue weighted by molar-refractivity contribution is 0.100. The molecule has 2 aromatic heterocycles. The molecule has 28 heavy (non-hydrogen) atoms. The molecular weight excluding hydrogens is 356 g/mol. The average Bonchev–Trinajstić information content (AvgIpc) is 3.13. The van der Waals surface area contributed by atoms with Crippen molar-refractivity contribution in [1.29, 1.82) is 0 Å². The van der Waals surface area contributed by atoms with Crippen molar-refractivity contribution in [1.82, 2.24) is 19.4 Å². The standard InChI is InChI=1S/C20H26N6O2/c1-5-26-7-6-13(10-16(26)27)14-11-15(25(4)9-8-24(2)3)17(20(21)28)19-18(14)22-12-23-19/h6-7,10-12H,5,8-9H2,1-4H3,(H2,21,28)(H,22,23). The summed E-state index contributed by atoms with van der Waals surface area (Å²) in [5.41, 5.74) is 9.48. The molecule has 148 valence electrons. The molecule has 0 bridgehead atoms. The summed E-state index contributed by atoms with van der Waals surface area (Å²) in [5, 5.41) is 0. The zero-order valence-electron chi connectivity index (χ0n) is 16.7. The number of fused-ring (bicyclic) bond motifs is 1. The molecule has 0 aliphatic carbocycles. The molecule has 3 rings (SSSR count). The lowest BCUT2D eigenvalue weighted by Gasteiger charge is -2.24. The number of aromatic nitrogens is 3. The Morgan fingerprint density at radius 2 is 2.00 bits per heavy atom. The minimum atomic E-state index is -0.520. The monoisotopic (exact) mass is 382 g/mol. The SMILES string of the molecule is CCn1ccc(-c2cc(N(C)CCN(C)C)c(C(N)=O)c3[nH]cnc23)cc1=O. The third-order valence-electron chi connectivity index (χ3n) is 4.87. The number of hydrogen-bond acceptors (Lipinski definition) is 5. The Morgan fingerprint density at radius 1 is 1.25 bits per heavy atom.